The molecular weight excluding hydrogens is 640 g/mol. The minimum absolute atomic E-state index is 0.0603. The van der Waals surface area contributed by atoms with Crippen molar-refractivity contribution in [1.82, 2.24) is 19.7 Å². The number of nitrogen functional groups attached to an aromatic ring is 1. The Morgan fingerprint density at radius 3 is 2.40 bits per heavy atom. The zero-order valence-electron chi connectivity index (χ0n) is 26.7. The first kappa shape index (κ1) is 35.7. The molecule has 0 amide bonds. The molecule has 1 unspecified atom stereocenters. The normalized spacial score (nSPS) is 22.8. The van der Waals surface area contributed by atoms with Crippen molar-refractivity contribution in [1.29, 1.82) is 0 Å². The van der Waals surface area contributed by atoms with Crippen molar-refractivity contribution in [3.05, 3.63) is 54.5 Å². The SMILES string of the molecule is CCC(=O)O[C@H]1[C@H](c2ccc3c(N)ncnn23)O[C@](CF)(COP(=O)(N[C@@H](C)C(=O)OC(C)C)Oc2ccccc2)[C@H]1OC(=O)CC. The number of hydrogen-bond acceptors (Lipinski definition) is 13. The summed E-state index contributed by atoms with van der Waals surface area (Å²) in [5, 5.41) is 6.74. The van der Waals surface area contributed by atoms with E-state index in [4.69, 9.17) is 33.7 Å². The number of aromatic nitrogens is 3. The lowest BCUT2D eigenvalue weighted by molar-refractivity contribution is -0.174. The molecule has 3 aromatic rings. The Bertz CT molecular complexity index is 1610. The van der Waals surface area contributed by atoms with E-state index in [0.717, 1.165) is 0 Å². The molecule has 1 saturated heterocycles. The van der Waals surface area contributed by atoms with Gasteiger partial charge in [-0.2, -0.15) is 10.2 Å². The molecule has 2 aromatic heterocycles. The Balaban J connectivity index is 1.76. The molecule has 1 aliphatic rings. The number of halogens is 1. The van der Waals surface area contributed by atoms with E-state index >= 15 is 4.39 Å². The maximum atomic E-state index is 15.5. The number of fused-ring (bicyclic) bond motifs is 1. The summed E-state index contributed by atoms with van der Waals surface area (Å²) < 4.78 is 65.5. The highest BCUT2D eigenvalue weighted by Crippen LogP contribution is 2.50. The van der Waals surface area contributed by atoms with Crippen LogP contribution >= 0.6 is 7.75 Å². The number of carbonyl (C=O) groups excluding carboxylic acids is 3. The summed E-state index contributed by atoms with van der Waals surface area (Å²) in [6, 6.07) is 9.90. The molecule has 3 heterocycles. The van der Waals surface area contributed by atoms with Crippen LogP contribution < -0.4 is 15.3 Å². The van der Waals surface area contributed by atoms with Crippen LogP contribution in [0, 0.1) is 0 Å². The van der Waals surface area contributed by atoms with Gasteiger partial charge in [-0.1, -0.05) is 32.0 Å². The molecule has 47 heavy (non-hydrogen) atoms. The first-order chi connectivity index (χ1) is 22.3. The van der Waals surface area contributed by atoms with Gasteiger partial charge < -0.3 is 29.2 Å². The number of hydrogen-bond donors (Lipinski definition) is 2. The number of alkyl halides is 1. The summed E-state index contributed by atoms with van der Waals surface area (Å²) in [5.41, 5.74) is 4.46. The highest BCUT2D eigenvalue weighted by atomic mass is 31.2. The minimum Gasteiger partial charge on any atom is -0.462 e. The van der Waals surface area contributed by atoms with E-state index in [1.165, 1.54) is 36.8 Å². The number of anilines is 1. The number of ether oxygens (including phenoxy) is 4. The van der Waals surface area contributed by atoms with Gasteiger partial charge in [0.05, 0.1) is 18.4 Å². The van der Waals surface area contributed by atoms with Crippen molar-refractivity contribution < 1.29 is 51.3 Å². The van der Waals surface area contributed by atoms with Gasteiger partial charge in [0.25, 0.3) is 0 Å². The average Bonchev–Trinajstić information content (AvgIpc) is 3.60. The molecule has 1 aromatic carbocycles. The Hall–Kier alpha value is -4.11. The Labute approximate surface area is 270 Å². The van der Waals surface area contributed by atoms with Crippen LogP contribution in [0.5, 0.6) is 5.75 Å². The highest BCUT2D eigenvalue weighted by Gasteiger charge is 2.61. The molecule has 0 spiro atoms. The van der Waals surface area contributed by atoms with Crippen LogP contribution in [0.4, 0.5) is 10.2 Å². The predicted octanol–water partition coefficient (Wildman–Crippen LogP) is 3.87. The van der Waals surface area contributed by atoms with Crippen LogP contribution in [0.15, 0.2) is 48.8 Å². The van der Waals surface area contributed by atoms with E-state index in [9.17, 15) is 18.9 Å². The van der Waals surface area contributed by atoms with Gasteiger partial charge in [0.15, 0.2) is 23.6 Å². The minimum atomic E-state index is -4.54. The molecule has 0 saturated carbocycles. The largest absolute Gasteiger partial charge is 0.462 e. The molecule has 1 aliphatic heterocycles. The number of rotatable bonds is 15. The molecule has 15 nitrogen and oxygen atoms in total. The van der Waals surface area contributed by atoms with Gasteiger partial charge in [-0.05, 0) is 45.0 Å². The van der Waals surface area contributed by atoms with Gasteiger partial charge in [0.2, 0.25) is 0 Å². The molecule has 17 heteroatoms. The number of benzene rings is 1. The van der Waals surface area contributed by atoms with Gasteiger partial charge in [-0.15, -0.1) is 0 Å². The number of carbonyl (C=O) groups is 3. The lowest BCUT2D eigenvalue weighted by atomic mass is 9.95. The van der Waals surface area contributed by atoms with Crippen LogP contribution in [0.1, 0.15) is 59.3 Å². The Morgan fingerprint density at radius 2 is 1.77 bits per heavy atom. The standard InChI is InChI=1S/C30H39FN5O10P/c1-6-23(37)43-26-25(21-13-14-22-28(32)33-17-34-36(21)22)45-30(15-31,27(26)44-24(38)7-2)16-41-47(40,46-20-11-9-8-10-12-20)35-19(5)29(39)42-18(3)4/h8-14,17-19,25-27H,6-7,15-16H2,1-5H3,(H,35,40)(H2,32,33,34)/t19-,25-,26-,27-,30+,47?/m0/s1. The molecule has 256 valence electrons. The van der Waals surface area contributed by atoms with Crippen molar-refractivity contribution in [2.24, 2.45) is 0 Å². The van der Waals surface area contributed by atoms with E-state index in [2.05, 4.69) is 15.2 Å². The first-order valence-corrected chi connectivity index (χ1v) is 16.6. The summed E-state index contributed by atoms with van der Waals surface area (Å²) in [5.74, 6) is -1.96. The fourth-order valence-corrected chi connectivity index (χ4v) is 6.36. The van der Waals surface area contributed by atoms with Gasteiger partial charge in [-0.3, -0.25) is 18.9 Å². The van der Waals surface area contributed by atoms with E-state index in [-0.39, 0.29) is 30.1 Å². The second kappa shape index (κ2) is 15.2. The van der Waals surface area contributed by atoms with E-state index in [1.807, 2.05) is 0 Å². The predicted molar refractivity (Wildman–Crippen MR) is 165 cm³/mol. The molecule has 1 fully saturated rings. The molecule has 0 aliphatic carbocycles. The lowest BCUT2D eigenvalue weighted by Crippen LogP contribution is -2.52. The monoisotopic (exact) mass is 679 g/mol. The summed E-state index contributed by atoms with van der Waals surface area (Å²) in [6.07, 6.45) is -3.73. The molecular formula is C30H39FN5O10P. The van der Waals surface area contributed by atoms with Crippen molar-refractivity contribution in [2.75, 3.05) is 19.0 Å². The van der Waals surface area contributed by atoms with Crippen LogP contribution in [0.3, 0.4) is 0 Å². The van der Waals surface area contributed by atoms with Gasteiger partial charge >= 0.3 is 25.7 Å². The third-order valence-electron chi connectivity index (χ3n) is 7.11. The second-order valence-corrected chi connectivity index (χ2v) is 12.7. The summed E-state index contributed by atoms with van der Waals surface area (Å²) >= 11 is 0. The van der Waals surface area contributed by atoms with Gasteiger partial charge in [0.1, 0.15) is 36.4 Å². The van der Waals surface area contributed by atoms with Gasteiger partial charge in [0, 0.05) is 12.8 Å². The molecule has 0 bridgehead atoms. The lowest BCUT2D eigenvalue weighted by Gasteiger charge is -2.33. The topological polar surface area (TPSA) is 192 Å². The number of nitrogens with zero attached hydrogens (tertiary/aromatic N) is 3. The molecule has 3 N–H and O–H groups in total. The Kier molecular flexibility index (Phi) is 11.6. The first-order valence-electron chi connectivity index (χ1n) is 15.0. The third-order valence-corrected chi connectivity index (χ3v) is 8.74. The van der Waals surface area contributed by atoms with Crippen molar-refractivity contribution in [2.45, 2.75) is 83.5 Å². The smallest absolute Gasteiger partial charge is 0.459 e. The molecule has 0 radical (unpaired) electrons. The average molecular weight is 680 g/mol. The second-order valence-electron chi connectivity index (χ2n) is 11.0. The number of esters is 3. The van der Waals surface area contributed by atoms with E-state index in [0.29, 0.717) is 5.52 Å². The zero-order valence-corrected chi connectivity index (χ0v) is 27.6. The van der Waals surface area contributed by atoms with Crippen LogP contribution in [0.2, 0.25) is 0 Å². The number of nitrogens with two attached hydrogens (primary N) is 1. The third kappa shape index (κ3) is 8.25. The van der Waals surface area contributed by atoms with E-state index < -0.39 is 75.0 Å². The van der Waals surface area contributed by atoms with Crippen molar-refractivity contribution in [3.63, 3.8) is 0 Å². The van der Waals surface area contributed by atoms with Crippen LogP contribution in [-0.4, -0.2) is 75.7 Å². The summed E-state index contributed by atoms with van der Waals surface area (Å²) in [7, 11) is -4.54. The van der Waals surface area contributed by atoms with Crippen molar-refractivity contribution >= 4 is 37.0 Å². The number of nitrogens with one attached hydrogen (secondary N) is 1. The molecule has 4 rings (SSSR count). The summed E-state index contributed by atoms with van der Waals surface area (Å²) in [6.45, 7) is 5.55. The maximum absolute atomic E-state index is 15.5. The van der Waals surface area contributed by atoms with Gasteiger partial charge in [-0.25, -0.2) is 18.5 Å². The number of para-hydroxylation sites is 1. The van der Waals surface area contributed by atoms with Crippen LogP contribution in [-0.2, 0) is 42.4 Å². The quantitative estimate of drug-likeness (QED) is 0.134. The fraction of sp³-hybridized carbons (Fsp3) is 0.500. The highest BCUT2D eigenvalue weighted by molar-refractivity contribution is 7.52. The van der Waals surface area contributed by atoms with Crippen molar-refractivity contribution in [3.8, 4) is 5.75 Å². The maximum Gasteiger partial charge on any atom is 0.459 e. The fourth-order valence-electron chi connectivity index (χ4n) is 4.81. The Morgan fingerprint density at radius 1 is 1.09 bits per heavy atom. The molecule has 6 atom stereocenters. The zero-order chi connectivity index (χ0) is 34.4. The van der Waals surface area contributed by atoms with E-state index in [1.54, 1.807) is 51.1 Å². The summed E-state index contributed by atoms with van der Waals surface area (Å²) in [4.78, 5) is 42.0. The van der Waals surface area contributed by atoms with Crippen LogP contribution in [0.25, 0.3) is 5.52 Å².